The van der Waals surface area contributed by atoms with Crippen molar-refractivity contribution in [1.82, 2.24) is 5.32 Å². The number of alkyl halides is 3. The van der Waals surface area contributed by atoms with Crippen molar-refractivity contribution in [1.29, 1.82) is 0 Å². The first-order chi connectivity index (χ1) is 12.0. The number of carbonyl (C=O) groups is 2. The van der Waals surface area contributed by atoms with Crippen LogP contribution >= 0.6 is 11.6 Å². The van der Waals surface area contributed by atoms with Crippen molar-refractivity contribution in [2.75, 3.05) is 5.32 Å². The summed E-state index contributed by atoms with van der Waals surface area (Å²) in [7, 11) is 0. The van der Waals surface area contributed by atoms with Gasteiger partial charge in [0.25, 0.3) is 0 Å². The minimum atomic E-state index is -4.66. The summed E-state index contributed by atoms with van der Waals surface area (Å²) < 4.78 is 43.8. The molecule has 1 aromatic heterocycles. The number of rotatable bonds is 5. The molecule has 0 aliphatic carbocycles. The minimum Gasteiger partial charge on any atom is -0.467 e. The molecule has 1 aromatic carbocycles. The summed E-state index contributed by atoms with van der Waals surface area (Å²) in [6.45, 7) is 2.81. The molecular weight excluding hydrogens is 373 g/mol. The Kier molecular flexibility index (Phi) is 5.65. The number of furan rings is 1. The van der Waals surface area contributed by atoms with E-state index in [4.69, 9.17) is 16.0 Å². The summed E-state index contributed by atoms with van der Waals surface area (Å²) in [6.07, 6.45) is -3.22. The summed E-state index contributed by atoms with van der Waals surface area (Å²) in [5, 5.41) is 4.38. The highest BCUT2D eigenvalue weighted by molar-refractivity contribution is 6.31. The van der Waals surface area contributed by atoms with E-state index in [-0.39, 0.29) is 12.2 Å². The van der Waals surface area contributed by atoms with Gasteiger partial charge in [0.05, 0.1) is 23.4 Å². The van der Waals surface area contributed by atoms with Crippen molar-refractivity contribution in [3.05, 3.63) is 52.9 Å². The van der Waals surface area contributed by atoms with Gasteiger partial charge in [0.1, 0.15) is 11.2 Å². The van der Waals surface area contributed by atoms with E-state index in [1.165, 1.54) is 26.2 Å². The Morgan fingerprint density at radius 1 is 1.15 bits per heavy atom. The van der Waals surface area contributed by atoms with Crippen LogP contribution in [0.4, 0.5) is 18.9 Å². The standard InChI is InChI=1S/C17H16ClF3N2O3/c1-16(2,14(24)22-9-11-4-3-7-26-11)15(25)23-10-5-6-13(18)12(8-10)17(19,20)21/h3-8H,9H2,1-2H3,(H,22,24)(H,23,25). The maximum absolute atomic E-state index is 12.9. The summed E-state index contributed by atoms with van der Waals surface area (Å²) in [5.41, 5.74) is -2.71. The summed E-state index contributed by atoms with van der Waals surface area (Å²) >= 11 is 5.54. The summed E-state index contributed by atoms with van der Waals surface area (Å²) in [6, 6.07) is 6.28. The Hall–Kier alpha value is -2.48. The fraction of sp³-hybridized carbons (Fsp3) is 0.294. The molecule has 140 valence electrons. The molecule has 0 atom stereocenters. The average Bonchev–Trinajstić information content (AvgIpc) is 3.06. The van der Waals surface area contributed by atoms with Crippen molar-refractivity contribution < 1.29 is 27.2 Å². The molecular formula is C17H16ClF3N2O3. The number of benzene rings is 1. The van der Waals surface area contributed by atoms with Gasteiger partial charge in [-0.25, -0.2) is 0 Å². The maximum atomic E-state index is 12.9. The lowest BCUT2D eigenvalue weighted by Crippen LogP contribution is -2.44. The Morgan fingerprint density at radius 3 is 2.42 bits per heavy atom. The zero-order valence-corrected chi connectivity index (χ0v) is 14.7. The molecule has 0 bridgehead atoms. The second kappa shape index (κ2) is 7.41. The van der Waals surface area contributed by atoms with E-state index in [1.54, 1.807) is 12.1 Å². The minimum absolute atomic E-state index is 0.0850. The molecule has 0 saturated carbocycles. The predicted octanol–water partition coefficient (Wildman–Crippen LogP) is 4.23. The van der Waals surface area contributed by atoms with Crippen LogP contribution in [0, 0.1) is 5.41 Å². The molecule has 1 heterocycles. The van der Waals surface area contributed by atoms with Crippen LogP contribution in [-0.4, -0.2) is 11.8 Å². The lowest BCUT2D eigenvalue weighted by atomic mass is 9.91. The molecule has 26 heavy (non-hydrogen) atoms. The SMILES string of the molecule is CC(C)(C(=O)NCc1ccco1)C(=O)Nc1ccc(Cl)c(C(F)(F)F)c1. The third kappa shape index (κ3) is 4.57. The molecule has 0 saturated heterocycles. The molecule has 0 aliphatic heterocycles. The summed E-state index contributed by atoms with van der Waals surface area (Å²) in [4.78, 5) is 24.6. The van der Waals surface area contributed by atoms with Crippen molar-refractivity contribution >= 4 is 29.1 Å². The third-order valence-corrected chi connectivity index (χ3v) is 4.00. The molecule has 0 radical (unpaired) electrons. The fourth-order valence-corrected chi connectivity index (χ4v) is 2.24. The lowest BCUT2D eigenvalue weighted by Gasteiger charge is -2.23. The van der Waals surface area contributed by atoms with Gasteiger partial charge in [0, 0.05) is 5.69 Å². The first-order valence-electron chi connectivity index (χ1n) is 7.50. The number of nitrogens with one attached hydrogen (secondary N) is 2. The topological polar surface area (TPSA) is 71.3 Å². The quantitative estimate of drug-likeness (QED) is 0.753. The Labute approximate surface area is 152 Å². The number of hydrogen-bond donors (Lipinski definition) is 2. The summed E-state index contributed by atoms with van der Waals surface area (Å²) in [5.74, 6) is -0.858. The molecule has 0 spiro atoms. The van der Waals surface area contributed by atoms with Gasteiger partial charge >= 0.3 is 6.18 Å². The Morgan fingerprint density at radius 2 is 1.85 bits per heavy atom. The molecule has 0 aliphatic rings. The van der Waals surface area contributed by atoms with Crippen LogP contribution in [0.1, 0.15) is 25.2 Å². The highest BCUT2D eigenvalue weighted by Crippen LogP contribution is 2.36. The number of amides is 2. The van der Waals surface area contributed by atoms with E-state index in [0.717, 1.165) is 12.1 Å². The molecule has 2 N–H and O–H groups in total. The lowest BCUT2D eigenvalue weighted by molar-refractivity contribution is -0.139. The van der Waals surface area contributed by atoms with Crippen LogP contribution in [0.3, 0.4) is 0 Å². The van der Waals surface area contributed by atoms with Gasteiger partial charge in [-0.1, -0.05) is 11.6 Å². The van der Waals surface area contributed by atoms with E-state index >= 15 is 0 Å². The van der Waals surface area contributed by atoms with Crippen molar-refractivity contribution in [2.24, 2.45) is 5.41 Å². The van der Waals surface area contributed by atoms with Crippen molar-refractivity contribution in [3.63, 3.8) is 0 Å². The monoisotopic (exact) mass is 388 g/mol. The second-order valence-electron chi connectivity index (χ2n) is 6.03. The van der Waals surface area contributed by atoms with Crippen molar-refractivity contribution in [2.45, 2.75) is 26.6 Å². The van der Waals surface area contributed by atoms with E-state index in [0.29, 0.717) is 5.76 Å². The molecule has 0 fully saturated rings. The average molecular weight is 389 g/mol. The third-order valence-electron chi connectivity index (χ3n) is 3.67. The van der Waals surface area contributed by atoms with E-state index in [2.05, 4.69) is 10.6 Å². The zero-order chi connectivity index (χ0) is 19.5. The first kappa shape index (κ1) is 19.8. The Balaban J connectivity index is 2.08. The van der Waals surface area contributed by atoms with E-state index < -0.39 is 34.0 Å². The van der Waals surface area contributed by atoms with Crippen LogP contribution in [0.5, 0.6) is 0 Å². The molecule has 2 amide bonds. The highest BCUT2D eigenvalue weighted by atomic mass is 35.5. The predicted molar refractivity (Wildman–Crippen MR) is 89.4 cm³/mol. The number of anilines is 1. The van der Waals surface area contributed by atoms with Crippen LogP contribution in [0.15, 0.2) is 41.0 Å². The largest absolute Gasteiger partial charge is 0.467 e. The fourth-order valence-electron chi connectivity index (χ4n) is 2.01. The van der Waals surface area contributed by atoms with E-state index in [9.17, 15) is 22.8 Å². The number of carbonyl (C=O) groups excluding carboxylic acids is 2. The smallest absolute Gasteiger partial charge is 0.417 e. The normalized spacial score (nSPS) is 11.9. The van der Waals surface area contributed by atoms with Gasteiger partial charge in [0.2, 0.25) is 11.8 Å². The highest BCUT2D eigenvalue weighted by Gasteiger charge is 2.37. The molecule has 5 nitrogen and oxygen atoms in total. The van der Waals surface area contributed by atoms with Gasteiger partial charge in [-0.05, 0) is 44.2 Å². The van der Waals surface area contributed by atoms with Gasteiger partial charge < -0.3 is 15.1 Å². The van der Waals surface area contributed by atoms with Crippen LogP contribution in [-0.2, 0) is 22.3 Å². The van der Waals surface area contributed by atoms with Gasteiger partial charge in [-0.2, -0.15) is 13.2 Å². The number of halogens is 4. The van der Waals surface area contributed by atoms with E-state index in [1.807, 2.05) is 0 Å². The maximum Gasteiger partial charge on any atom is 0.417 e. The molecule has 2 rings (SSSR count). The first-order valence-corrected chi connectivity index (χ1v) is 7.88. The zero-order valence-electron chi connectivity index (χ0n) is 13.9. The van der Waals surface area contributed by atoms with Crippen LogP contribution in [0.25, 0.3) is 0 Å². The van der Waals surface area contributed by atoms with Crippen LogP contribution in [0.2, 0.25) is 5.02 Å². The second-order valence-corrected chi connectivity index (χ2v) is 6.44. The number of hydrogen-bond acceptors (Lipinski definition) is 3. The van der Waals surface area contributed by atoms with Gasteiger partial charge in [-0.15, -0.1) is 0 Å². The van der Waals surface area contributed by atoms with Gasteiger partial charge in [0.15, 0.2) is 0 Å². The molecule has 2 aromatic rings. The molecule has 0 unspecified atom stereocenters. The molecule has 9 heteroatoms. The van der Waals surface area contributed by atoms with Crippen LogP contribution < -0.4 is 10.6 Å². The van der Waals surface area contributed by atoms with Gasteiger partial charge in [-0.3, -0.25) is 9.59 Å². The van der Waals surface area contributed by atoms with Crippen molar-refractivity contribution in [3.8, 4) is 0 Å². The Bertz CT molecular complexity index is 802.